The van der Waals surface area contributed by atoms with Gasteiger partial charge in [0.25, 0.3) is 0 Å². The molecule has 8 heteroatoms. The molecule has 0 spiro atoms. The lowest BCUT2D eigenvalue weighted by molar-refractivity contribution is -0.122. The summed E-state index contributed by atoms with van der Waals surface area (Å²) in [6.07, 6.45) is 2.94. The van der Waals surface area contributed by atoms with Crippen LogP contribution in [0.25, 0.3) is 0 Å². The fraction of sp³-hybridized carbons (Fsp3) is 0.636. The van der Waals surface area contributed by atoms with Crippen molar-refractivity contribution in [3.63, 3.8) is 0 Å². The molecule has 1 heterocycles. The normalized spacial score (nSPS) is 15.3. The molecule has 1 aromatic rings. The monoisotopic (exact) mass is 287 g/mol. The maximum Gasteiger partial charge on any atom is 0.233 e. The SMILES string of the molecule is Cc1cc(N(CCNC(=O)C2CC2)S(C)(=O)=O)no1. The van der Waals surface area contributed by atoms with Gasteiger partial charge in [0, 0.05) is 18.5 Å². The van der Waals surface area contributed by atoms with E-state index in [4.69, 9.17) is 4.52 Å². The van der Waals surface area contributed by atoms with Crippen LogP contribution in [0.15, 0.2) is 10.6 Å². The van der Waals surface area contributed by atoms with Crippen LogP contribution in [-0.4, -0.2) is 38.8 Å². The quantitative estimate of drug-likeness (QED) is 0.811. The Bertz CT molecular complexity index is 562. The second-order valence-electron chi connectivity index (χ2n) is 4.70. The molecule has 0 bridgehead atoms. The van der Waals surface area contributed by atoms with Gasteiger partial charge in [-0.25, -0.2) is 12.7 Å². The third-order valence-corrected chi connectivity index (χ3v) is 4.00. The van der Waals surface area contributed by atoms with E-state index in [9.17, 15) is 13.2 Å². The number of anilines is 1. The molecule has 1 saturated carbocycles. The highest BCUT2D eigenvalue weighted by Crippen LogP contribution is 2.28. The number of hydrogen-bond acceptors (Lipinski definition) is 5. The molecule has 0 unspecified atom stereocenters. The van der Waals surface area contributed by atoms with Gasteiger partial charge in [-0.15, -0.1) is 0 Å². The summed E-state index contributed by atoms with van der Waals surface area (Å²) >= 11 is 0. The second-order valence-corrected chi connectivity index (χ2v) is 6.60. The lowest BCUT2D eigenvalue weighted by Gasteiger charge is -2.19. The summed E-state index contributed by atoms with van der Waals surface area (Å²) in [6.45, 7) is 2.09. The Kier molecular flexibility index (Phi) is 3.79. The zero-order valence-electron chi connectivity index (χ0n) is 10.9. The Hall–Kier alpha value is -1.57. The largest absolute Gasteiger partial charge is 0.360 e. The van der Waals surface area contributed by atoms with Gasteiger partial charge in [-0.3, -0.25) is 4.79 Å². The number of amides is 1. The van der Waals surface area contributed by atoms with Gasteiger partial charge in [0.1, 0.15) is 5.76 Å². The number of sulfonamides is 1. The number of nitrogens with zero attached hydrogens (tertiary/aromatic N) is 2. The van der Waals surface area contributed by atoms with Crippen molar-refractivity contribution in [1.82, 2.24) is 10.5 Å². The molecule has 1 aliphatic carbocycles. The number of rotatable bonds is 6. The molecule has 1 N–H and O–H groups in total. The Labute approximate surface area is 112 Å². The molecule has 1 aliphatic rings. The van der Waals surface area contributed by atoms with Gasteiger partial charge in [0.15, 0.2) is 5.82 Å². The molecule has 106 valence electrons. The summed E-state index contributed by atoms with van der Waals surface area (Å²) in [4.78, 5) is 11.5. The second kappa shape index (κ2) is 5.20. The average molecular weight is 287 g/mol. The van der Waals surface area contributed by atoms with E-state index < -0.39 is 10.0 Å². The van der Waals surface area contributed by atoms with Gasteiger partial charge in [-0.1, -0.05) is 5.16 Å². The van der Waals surface area contributed by atoms with E-state index in [1.807, 2.05) is 0 Å². The van der Waals surface area contributed by atoms with Crippen molar-refractivity contribution in [1.29, 1.82) is 0 Å². The summed E-state index contributed by atoms with van der Waals surface area (Å²) in [5.74, 6) is 0.872. The van der Waals surface area contributed by atoms with Crippen LogP contribution < -0.4 is 9.62 Å². The first-order valence-electron chi connectivity index (χ1n) is 6.06. The van der Waals surface area contributed by atoms with Crippen LogP contribution in [0.5, 0.6) is 0 Å². The molecule has 0 atom stereocenters. The van der Waals surface area contributed by atoms with E-state index in [1.165, 1.54) is 0 Å². The van der Waals surface area contributed by atoms with Crippen LogP contribution in [0.4, 0.5) is 5.82 Å². The van der Waals surface area contributed by atoms with E-state index >= 15 is 0 Å². The van der Waals surface area contributed by atoms with Crippen molar-refractivity contribution in [3.05, 3.63) is 11.8 Å². The number of aromatic nitrogens is 1. The van der Waals surface area contributed by atoms with Gasteiger partial charge in [-0.2, -0.15) is 0 Å². The van der Waals surface area contributed by atoms with Crippen molar-refractivity contribution >= 4 is 21.7 Å². The number of carbonyl (C=O) groups excluding carboxylic acids is 1. The lowest BCUT2D eigenvalue weighted by Crippen LogP contribution is -2.38. The minimum absolute atomic E-state index is 0.00946. The minimum Gasteiger partial charge on any atom is -0.360 e. The van der Waals surface area contributed by atoms with Gasteiger partial charge >= 0.3 is 0 Å². The van der Waals surface area contributed by atoms with Crippen LogP contribution in [0, 0.1) is 12.8 Å². The first kappa shape index (κ1) is 13.9. The maximum atomic E-state index is 11.7. The van der Waals surface area contributed by atoms with Crippen molar-refractivity contribution in [2.45, 2.75) is 19.8 Å². The average Bonchev–Trinajstić information content (AvgIpc) is 3.06. The van der Waals surface area contributed by atoms with E-state index in [1.54, 1.807) is 13.0 Å². The number of nitrogens with one attached hydrogen (secondary N) is 1. The summed E-state index contributed by atoms with van der Waals surface area (Å²) in [5, 5.41) is 6.41. The van der Waals surface area contributed by atoms with Gasteiger partial charge in [-0.05, 0) is 19.8 Å². The summed E-state index contributed by atoms with van der Waals surface area (Å²) in [5.41, 5.74) is 0. The van der Waals surface area contributed by atoms with E-state index in [-0.39, 0.29) is 30.7 Å². The highest BCUT2D eigenvalue weighted by molar-refractivity contribution is 7.92. The molecule has 1 fully saturated rings. The molecule has 0 radical (unpaired) electrons. The molecule has 0 aliphatic heterocycles. The molecule has 0 aromatic carbocycles. The highest BCUT2D eigenvalue weighted by atomic mass is 32.2. The van der Waals surface area contributed by atoms with Crippen molar-refractivity contribution in [2.75, 3.05) is 23.7 Å². The Morgan fingerprint density at radius 3 is 2.74 bits per heavy atom. The number of hydrogen-bond donors (Lipinski definition) is 1. The first-order valence-corrected chi connectivity index (χ1v) is 7.91. The van der Waals surface area contributed by atoms with E-state index in [0.717, 1.165) is 23.4 Å². The molecule has 2 rings (SSSR count). The van der Waals surface area contributed by atoms with Gasteiger partial charge < -0.3 is 9.84 Å². The van der Waals surface area contributed by atoms with Gasteiger partial charge in [0.05, 0.1) is 12.8 Å². The van der Waals surface area contributed by atoms with E-state index in [0.29, 0.717) is 5.76 Å². The summed E-state index contributed by atoms with van der Waals surface area (Å²) in [7, 11) is -3.45. The third kappa shape index (κ3) is 3.69. The molecule has 19 heavy (non-hydrogen) atoms. The lowest BCUT2D eigenvalue weighted by atomic mass is 10.4. The van der Waals surface area contributed by atoms with E-state index in [2.05, 4.69) is 10.5 Å². The summed E-state index contributed by atoms with van der Waals surface area (Å²) in [6, 6.07) is 1.55. The Morgan fingerprint density at radius 1 is 1.58 bits per heavy atom. The molecule has 1 aromatic heterocycles. The minimum atomic E-state index is -3.45. The van der Waals surface area contributed by atoms with Crippen molar-refractivity contribution in [3.8, 4) is 0 Å². The standard InChI is InChI=1S/C11H17N3O4S/c1-8-7-10(13-18-8)14(19(2,16)17)6-5-12-11(15)9-3-4-9/h7,9H,3-6H2,1-2H3,(H,12,15). The molecule has 7 nitrogen and oxygen atoms in total. The van der Waals surface area contributed by atoms with Crippen molar-refractivity contribution in [2.24, 2.45) is 5.92 Å². The predicted octanol–water partition coefficient (Wildman–Crippen LogP) is 0.275. The van der Waals surface area contributed by atoms with Crippen LogP contribution in [0.2, 0.25) is 0 Å². The zero-order valence-corrected chi connectivity index (χ0v) is 11.7. The first-order chi connectivity index (χ1) is 8.88. The fourth-order valence-electron chi connectivity index (χ4n) is 1.69. The maximum absolute atomic E-state index is 11.7. The predicted molar refractivity (Wildman–Crippen MR) is 69.2 cm³/mol. The summed E-state index contributed by atoms with van der Waals surface area (Å²) < 4.78 is 29.4. The van der Waals surface area contributed by atoms with Crippen LogP contribution in [0.3, 0.4) is 0 Å². The topological polar surface area (TPSA) is 92.5 Å². The van der Waals surface area contributed by atoms with Gasteiger partial charge in [0.2, 0.25) is 15.9 Å². The Morgan fingerprint density at radius 2 is 2.26 bits per heavy atom. The number of aryl methyl sites for hydroxylation is 1. The Balaban J connectivity index is 1.96. The van der Waals surface area contributed by atoms with Crippen LogP contribution in [0.1, 0.15) is 18.6 Å². The fourth-order valence-corrected chi connectivity index (χ4v) is 2.54. The van der Waals surface area contributed by atoms with Crippen LogP contribution >= 0.6 is 0 Å². The zero-order chi connectivity index (χ0) is 14.0. The van der Waals surface area contributed by atoms with Crippen LogP contribution in [-0.2, 0) is 14.8 Å². The smallest absolute Gasteiger partial charge is 0.233 e. The number of carbonyl (C=O) groups is 1. The molecule has 1 amide bonds. The molecular weight excluding hydrogens is 270 g/mol. The van der Waals surface area contributed by atoms with Crippen molar-refractivity contribution < 1.29 is 17.7 Å². The molecular formula is C11H17N3O4S. The molecule has 0 saturated heterocycles. The highest BCUT2D eigenvalue weighted by Gasteiger charge is 2.29. The third-order valence-electron chi connectivity index (χ3n) is 2.83.